The summed E-state index contributed by atoms with van der Waals surface area (Å²) in [5, 5.41) is 12.0. The summed E-state index contributed by atoms with van der Waals surface area (Å²) in [5.41, 5.74) is 6.17. The highest BCUT2D eigenvalue weighted by atomic mass is 32.2. The van der Waals surface area contributed by atoms with Crippen LogP contribution in [-0.4, -0.2) is 177 Å². The van der Waals surface area contributed by atoms with Gasteiger partial charge in [0.15, 0.2) is 0 Å². The van der Waals surface area contributed by atoms with Crippen LogP contribution in [0.15, 0.2) is 353 Å². The summed E-state index contributed by atoms with van der Waals surface area (Å²) in [6, 6.07) is 87.0. The Morgan fingerprint density at radius 1 is 0.311 bits per heavy atom. The molecule has 132 heavy (non-hydrogen) atoms. The largest absolute Gasteiger partial charge is 0.495 e. The normalized spacial score (nSPS) is 12.0. The highest BCUT2D eigenvalue weighted by Crippen LogP contribution is 2.30. The molecule has 0 bridgehead atoms. The molecular weight excluding hydrogens is 1760 g/mol. The zero-order chi connectivity index (χ0) is 95.4. The van der Waals surface area contributed by atoms with Crippen LogP contribution in [0.4, 0.5) is 36.2 Å². The molecule has 0 aliphatic carbocycles. The number of para-hydroxylation sites is 2. The number of amides is 12. The summed E-state index contributed by atoms with van der Waals surface area (Å²) < 4.78 is 113. The molecule has 0 radical (unpaired) electrons. The van der Waals surface area contributed by atoms with Crippen LogP contribution in [0.3, 0.4) is 0 Å². The number of nitrogens with zero attached hydrogens (tertiary/aromatic N) is 5. The fraction of sp³-hybridized carbons (Fsp3) is 0.204. The predicted octanol–water partition coefficient (Wildman–Crippen LogP) is 12.4. The molecule has 12 amide bonds. The molecule has 8 N–H and O–H groups in total. The molecule has 0 fully saturated rings. The lowest BCUT2D eigenvalue weighted by Gasteiger charge is -2.27. The van der Waals surface area contributed by atoms with Gasteiger partial charge in [-0.1, -0.05) is 269 Å². The summed E-state index contributed by atoms with van der Waals surface area (Å²) in [6.07, 6.45) is 0.800. The van der Waals surface area contributed by atoms with Gasteiger partial charge in [-0.15, -0.1) is 0 Å². The van der Waals surface area contributed by atoms with Gasteiger partial charge in [-0.05, 0) is 132 Å². The maximum Gasteiger partial charge on any atom is 0.329 e. The molecule has 0 aromatic heterocycles. The number of anilines is 3. The number of carbonyl (C=O) groups excluding carboxylic acids is 8. The first kappa shape index (κ1) is 101. The van der Waals surface area contributed by atoms with Crippen LogP contribution in [0.2, 0.25) is 0 Å². The van der Waals surface area contributed by atoms with Gasteiger partial charge in [-0.2, -0.15) is 0 Å². The second kappa shape index (κ2) is 49.3. The number of rotatable bonds is 33. The summed E-state index contributed by atoms with van der Waals surface area (Å²) >= 11 is 0. The van der Waals surface area contributed by atoms with Crippen LogP contribution < -0.4 is 59.6 Å². The zero-order valence-electron chi connectivity index (χ0n) is 74.0. The van der Waals surface area contributed by atoms with E-state index >= 15 is 0 Å². The van der Waals surface area contributed by atoms with Crippen molar-refractivity contribution in [2.45, 2.75) is 90.2 Å². The van der Waals surface area contributed by atoms with Crippen molar-refractivity contribution in [2.75, 3.05) is 76.2 Å². The van der Waals surface area contributed by atoms with E-state index in [9.17, 15) is 72.0 Å². The van der Waals surface area contributed by atoms with E-state index in [0.717, 1.165) is 51.7 Å². The van der Waals surface area contributed by atoms with E-state index in [0.29, 0.717) is 35.9 Å². The van der Waals surface area contributed by atoms with Gasteiger partial charge >= 0.3 is 24.1 Å². The average molecular weight is 1870 g/mol. The van der Waals surface area contributed by atoms with Crippen molar-refractivity contribution in [1.29, 1.82) is 0 Å². The Morgan fingerprint density at radius 2 is 0.591 bits per heavy atom. The summed E-state index contributed by atoms with van der Waals surface area (Å²) in [4.78, 5) is 112. The second-order valence-electron chi connectivity index (χ2n) is 30.0. The number of likely N-dealkylation sites (N-methyl/N-ethyl adjacent to an activating group) is 5. The highest BCUT2D eigenvalue weighted by Gasteiger charge is 2.33. The topological polar surface area (TPSA) is 395 Å². The standard InChI is InChI=1S/C27H25N3O4S.C24H25N3O5S.C24H25N3O4S.C23H32N4O4S/c1-30(25-18-10-14-21-13-8-9-17-23(21)25)26(31)24(19-20-11-4-2-5-12-20)28-27(32)29-35(33,34)22-15-6-3-7-16-22;1-27(21-15-9-10-16-22(21)32-2)23(28)20(17-18-11-5-3-6-12-18)25-24(29)26-33(30,31)19-13-7-4-8-14-19;1-18-10-9-13-20(16-18)27(2)23(28)22(17-19-11-5-3-6-12-19)25-24(29)26-32(30,31)21-14-7-4-8-15-21;1-4-27(5-2)17-16-26(3)22(28)21(18-19-12-8-6-9-13-19)24-23(29)25-32(30,31)20-14-10-7-11-15-20/h2-18,24H,19H2,1H3,(H2,28,29,32);3-16,20H,17H2,1-2H3,(H2,25,26,29);3-16,22H,17H2,1-2H3,(H2,25,26,29);6-15,21H,4-5,16-18H2,1-3H3,(H2,24,25,29)/t24-;20-;22-;21-/m0000/s1. The molecule has 0 aliphatic rings. The van der Waals surface area contributed by atoms with Gasteiger partial charge in [0.05, 0.1) is 38.1 Å². The minimum atomic E-state index is -4.09. The SMILES string of the molecule is CCN(CC)CCN(C)C(=O)[C@H](Cc1ccccc1)NC(=O)NS(=O)(=O)c1ccccc1.CN(C(=O)[C@H](Cc1ccccc1)NC(=O)NS(=O)(=O)c1ccccc1)c1cccc2ccccc12.COc1ccccc1N(C)C(=O)[C@H](Cc1ccccc1)NC(=O)NS(=O)(=O)c1ccccc1.Cc1cccc(N(C)C(=O)[C@H](Cc2ccccc2)NC(=O)NS(=O)(=O)c2ccccc2)c1. The van der Waals surface area contributed by atoms with Crippen molar-refractivity contribution in [3.05, 3.63) is 361 Å². The monoisotopic (exact) mass is 1870 g/mol. The molecule has 0 saturated heterocycles. The molecule has 0 heterocycles. The van der Waals surface area contributed by atoms with E-state index in [4.69, 9.17) is 4.74 Å². The smallest absolute Gasteiger partial charge is 0.329 e. The maximum atomic E-state index is 13.6. The van der Waals surface area contributed by atoms with E-state index in [2.05, 4.69) is 40.0 Å². The number of hydrogen-bond acceptors (Lipinski definition) is 18. The van der Waals surface area contributed by atoms with Gasteiger partial charge in [-0.25, -0.2) is 71.7 Å². The van der Waals surface area contributed by atoms with Crippen molar-refractivity contribution < 1.29 is 76.8 Å². The Labute approximate surface area is 771 Å². The van der Waals surface area contributed by atoms with Gasteiger partial charge in [0, 0.05) is 78.0 Å². The molecule has 34 heteroatoms. The third kappa shape index (κ3) is 30.5. The fourth-order valence-corrected chi connectivity index (χ4v) is 17.3. The number of urea groups is 4. The molecule has 30 nitrogen and oxygen atoms in total. The number of sulfonamides is 4. The minimum absolute atomic E-state index is 0.0302. The van der Waals surface area contributed by atoms with E-state index in [1.54, 1.807) is 136 Å². The number of nitrogens with one attached hydrogen (secondary N) is 8. The first-order chi connectivity index (χ1) is 63.2. The van der Waals surface area contributed by atoms with E-state index in [1.807, 2.05) is 208 Å². The fourth-order valence-electron chi connectivity index (χ4n) is 13.6. The molecule has 690 valence electrons. The lowest BCUT2D eigenvalue weighted by molar-refractivity contribution is -0.132. The molecule has 0 saturated carbocycles. The number of aryl methyl sites for hydroxylation is 1. The predicted molar refractivity (Wildman–Crippen MR) is 511 cm³/mol. The quantitative estimate of drug-likeness (QED) is 0.0189. The van der Waals surface area contributed by atoms with Gasteiger partial charge in [0.2, 0.25) is 23.6 Å². The number of carbonyl (C=O) groups is 8. The maximum absolute atomic E-state index is 13.6. The summed E-state index contributed by atoms with van der Waals surface area (Å²) in [6.45, 7) is 9.00. The van der Waals surface area contributed by atoms with Crippen LogP contribution in [0.25, 0.3) is 10.8 Å². The van der Waals surface area contributed by atoms with Crippen LogP contribution in [0, 0.1) is 6.92 Å². The first-order valence-electron chi connectivity index (χ1n) is 41.9. The van der Waals surface area contributed by atoms with Gasteiger partial charge in [0.1, 0.15) is 29.9 Å². The third-order valence-corrected chi connectivity index (χ3v) is 26.0. The highest BCUT2D eigenvalue weighted by molar-refractivity contribution is 7.91. The molecule has 4 atom stereocenters. The Kier molecular flexibility index (Phi) is 37.8. The third-order valence-electron chi connectivity index (χ3n) is 20.6. The molecule has 0 spiro atoms. The Hall–Kier alpha value is -14.6. The lowest BCUT2D eigenvalue weighted by Crippen LogP contribution is -2.53. The molecule has 12 aromatic carbocycles. The van der Waals surface area contributed by atoms with Gasteiger partial charge in [0.25, 0.3) is 40.1 Å². The van der Waals surface area contributed by atoms with Crippen LogP contribution in [0.1, 0.15) is 41.7 Å². The number of fused-ring (bicyclic) bond motifs is 1. The molecule has 12 rings (SSSR count). The van der Waals surface area contributed by atoms with Crippen LogP contribution in [-0.2, 0) is 85.0 Å². The molecule has 12 aromatic rings. The average Bonchev–Trinajstić information content (AvgIpc) is 0.799. The second-order valence-corrected chi connectivity index (χ2v) is 36.8. The number of hydrogen-bond donors (Lipinski definition) is 8. The number of benzene rings is 12. The van der Waals surface area contributed by atoms with E-state index < -0.39 is 94.3 Å². The van der Waals surface area contributed by atoms with E-state index in [1.165, 1.54) is 70.3 Å². The van der Waals surface area contributed by atoms with Gasteiger partial charge in [-0.3, -0.25) is 19.2 Å². The first-order valence-corrected chi connectivity index (χ1v) is 47.8. The van der Waals surface area contributed by atoms with Crippen LogP contribution in [0.5, 0.6) is 5.75 Å². The van der Waals surface area contributed by atoms with Gasteiger partial charge < -0.3 is 50.5 Å². The van der Waals surface area contributed by atoms with E-state index in [-0.39, 0.29) is 63.0 Å². The molecular formula is C98H107N13O17S4. The zero-order valence-corrected chi connectivity index (χ0v) is 77.3. The van der Waals surface area contributed by atoms with Crippen molar-refractivity contribution in [3.8, 4) is 5.75 Å². The Morgan fingerprint density at radius 3 is 0.932 bits per heavy atom. The van der Waals surface area contributed by atoms with Crippen LogP contribution >= 0.6 is 0 Å². The van der Waals surface area contributed by atoms with Crippen molar-refractivity contribution in [3.63, 3.8) is 0 Å². The molecule has 0 aliphatic heterocycles. The Balaban J connectivity index is 0.000000198. The van der Waals surface area contributed by atoms with Crippen molar-refractivity contribution in [2.24, 2.45) is 0 Å². The summed E-state index contributed by atoms with van der Waals surface area (Å²) in [7, 11) is -8.29. The number of ether oxygens (including phenoxy) is 1. The minimum Gasteiger partial charge on any atom is -0.495 e. The Bertz CT molecular complexity index is 6310. The van der Waals surface area contributed by atoms with Crippen molar-refractivity contribution in [1.82, 2.24) is 50.0 Å². The lowest BCUT2D eigenvalue weighted by atomic mass is 10.0. The molecule has 0 unspecified atom stereocenters. The summed E-state index contributed by atoms with van der Waals surface area (Å²) in [5.74, 6) is -0.976. The number of methoxy groups -OCH3 is 1. The van der Waals surface area contributed by atoms with Crippen molar-refractivity contribution >= 4 is 116 Å².